The van der Waals surface area contributed by atoms with E-state index in [1.807, 2.05) is 18.2 Å². The molecule has 1 aromatic rings. The number of rotatable bonds is 1. The van der Waals surface area contributed by atoms with Gasteiger partial charge in [0, 0.05) is 12.2 Å². The normalized spacial score (nSPS) is 21.6. The summed E-state index contributed by atoms with van der Waals surface area (Å²) in [7, 11) is 0. The number of hydrogen-bond acceptors (Lipinski definition) is 3. The number of carbonyl (C=O) groups excluding carboxylic acids is 2. The molecule has 4 nitrogen and oxygen atoms in total. The predicted octanol–water partition coefficient (Wildman–Crippen LogP) is 2.46. The molecule has 2 rings (SSSR count). The number of carbonyl (C=O) groups is 2. The van der Waals surface area contributed by atoms with Crippen molar-refractivity contribution in [2.24, 2.45) is 0 Å². The van der Waals surface area contributed by atoms with Gasteiger partial charge in [-0.2, -0.15) is 0 Å². The molecule has 0 fully saturated rings. The van der Waals surface area contributed by atoms with Gasteiger partial charge in [0.2, 0.25) is 0 Å². The molecule has 0 bridgehead atoms. The predicted molar refractivity (Wildman–Crippen MR) is 76.5 cm³/mol. The molecule has 108 valence electrons. The van der Waals surface area contributed by atoms with Crippen LogP contribution in [0.25, 0.3) is 0 Å². The van der Waals surface area contributed by atoms with E-state index in [-0.39, 0.29) is 5.91 Å². The van der Waals surface area contributed by atoms with Gasteiger partial charge in [-0.25, -0.2) is 0 Å². The summed E-state index contributed by atoms with van der Waals surface area (Å²) in [6.45, 7) is 1.16. The average Bonchev–Trinajstić information content (AvgIpc) is 2.49. The molecular weight excluding hydrogens is 254 g/mol. The standard InChI is InChI=1S/C16H21NO3/c18-11-14-8-3-1-2-6-10-20-12-13-7-4-5-9-15(13)16(19)17-14/h4-5,7,9,11,14H,1-3,6,8,10,12H2,(H,17,19). The van der Waals surface area contributed by atoms with Gasteiger partial charge in [0.15, 0.2) is 0 Å². The Morgan fingerprint density at radius 1 is 1.15 bits per heavy atom. The molecule has 1 amide bonds. The van der Waals surface area contributed by atoms with Crippen LogP contribution in [-0.2, 0) is 16.1 Å². The molecule has 4 heteroatoms. The van der Waals surface area contributed by atoms with Gasteiger partial charge in [0.05, 0.1) is 12.6 Å². The van der Waals surface area contributed by atoms with Crippen molar-refractivity contribution in [3.05, 3.63) is 35.4 Å². The highest BCUT2D eigenvalue weighted by Gasteiger charge is 2.16. The molecule has 1 aromatic carbocycles. The van der Waals surface area contributed by atoms with Crippen LogP contribution in [0.15, 0.2) is 24.3 Å². The van der Waals surface area contributed by atoms with Crippen molar-refractivity contribution in [3.8, 4) is 0 Å². The molecule has 0 saturated carbocycles. The fourth-order valence-electron chi connectivity index (χ4n) is 2.39. The van der Waals surface area contributed by atoms with Crippen LogP contribution in [0.5, 0.6) is 0 Å². The quantitative estimate of drug-likeness (QED) is 0.801. The zero-order valence-electron chi connectivity index (χ0n) is 11.6. The van der Waals surface area contributed by atoms with E-state index >= 15 is 0 Å². The van der Waals surface area contributed by atoms with Gasteiger partial charge in [0.1, 0.15) is 6.29 Å². The van der Waals surface area contributed by atoms with Crippen molar-refractivity contribution in [3.63, 3.8) is 0 Å². The van der Waals surface area contributed by atoms with Crippen LogP contribution in [0.3, 0.4) is 0 Å². The van der Waals surface area contributed by atoms with Crippen LogP contribution < -0.4 is 5.32 Å². The summed E-state index contributed by atoms with van der Waals surface area (Å²) in [6.07, 6.45) is 5.67. The minimum atomic E-state index is -0.391. The van der Waals surface area contributed by atoms with Gasteiger partial charge in [-0.15, -0.1) is 0 Å². The van der Waals surface area contributed by atoms with Crippen LogP contribution in [0, 0.1) is 0 Å². The summed E-state index contributed by atoms with van der Waals surface area (Å²) >= 11 is 0. The number of aldehydes is 1. The third-order valence-electron chi connectivity index (χ3n) is 3.55. The maximum Gasteiger partial charge on any atom is 0.252 e. The number of hydrogen-bond donors (Lipinski definition) is 1. The van der Waals surface area contributed by atoms with E-state index in [4.69, 9.17) is 4.74 Å². The van der Waals surface area contributed by atoms with Crippen molar-refractivity contribution in [2.75, 3.05) is 6.61 Å². The fraction of sp³-hybridized carbons (Fsp3) is 0.500. The lowest BCUT2D eigenvalue weighted by atomic mass is 10.1. The molecule has 0 saturated heterocycles. The first-order chi connectivity index (χ1) is 9.81. The van der Waals surface area contributed by atoms with E-state index in [9.17, 15) is 9.59 Å². The van der Waals surface area contributed by atoms with Crippen molar-refractivity contribution >= 4 is 12.2 Å². The van der Waals surface area contributed by atoms with E-state index in [1.165, 1.54) is 0 Å². The van der Waals surface area contributed by atoms with Crippen molar-refractivity contribution in [1.82, 2.24) is 5.32 Å². The van der Waals surface area contributed by atoms with E-state index in [1.54, 1.807) is 6.07 Å². The topological polar surface area (TPSA) is 55.4 Å². The molecule has 20 heavy (non-hydrogen) atoms. The Hall–Kier alpha value is -1.68. The summed E-state index contributed by atoms with van der Waals surface area (Å²) in [5, 5.41) is 2.80. The highest BCUT2D eigenvalue weighted by Crippen LogP contribution is 2.13. The Labute approximate surface area is 119 Å². The third kappa shape index (κ3) is 4.17. The molecule has 0 aromatic heterocycles. The SMILES string of the molecule is O=CC1CCCCCCOCc2ccccc2C(=O)N1. The fourth-order valence-corrected chi connectivity index (χ4v) is 2.39. The van der Waals surface area contributed by atoms with E-state index < -0.39 is 6.04 Å². The number of ether oxygens (including phenoxy) is 1. The van der Waals surface area contributed by atoms with Gasteiger partial charge in [-0.1, -0.05) is 37.5 Å². The Balaban J connectivity index is 2.16. The van der Waals surface area contributed by atoms with E-state index in [2.05, 4.69) is 5.32 Å². The molecule has 1 heterocycles. The highest BCUT2D eigenvalue weighted by molar-refractivity contribution is 5.96. The number of benzene rings is 1. The molecule has 1 aliphatic heterocycles. The lowest BCUT2D eigenvalue weighted by Gasteiger charge is -2.14. The Kier molecular flexibility index (Phi) is 5.74. The van der Waals surface area contributed by atoms with Gasteiger partial charge in [0.25, 0.3) is 5.91 Å². The Morgan fingerprint density at radius 2 is 1.95 bits per heavy atom. The van der Waals surface area contributed by atoms with Crippen LogP contribution >= 0.6 is 0 Å². The Bertz CT molecular complexity index is 459. The monoisotopic (exact) mass is 275 g/mol. The Morgan fingerprint density at radius 3 is 2.80 bits per heavy atom. The lowest BCUT2D eigenvalue weighted by molar-refractivity contribution is -0.109. The maximum atomic E-state index is 12.3. The smallest absolute Gasteiger partial charge is 0.252 e. The molecular formula is C16H21NO3. The van der Waals surface area contributed by atoms with E-state index in [0.717, 1.165) is 37.5 Å². The zero-order chi connectivity index (χ0) is 14.2. The minimum Gasteiger partial charge on any atom is -0.377 e. The molecule has 1 N–H and O–H groups in total. The summed E-state index contributed by atoms with van der Waals surface area (Å²) in [5.41, 5.74) is 1.47. The summed E-state index contributed by atoms with van der Waals surface area (Å²) in [5.74, 6) is -0.194. The van der Waals surface area contributed by atoms with Gasteiger partial charge in [-0.3, -0.25) is 4.79 Å². The van der Waals surface area contributed by atoms with Crippen LogP contribution in [0.4, 0.5) is 0 Å². The molecule has 1 atom stereocenters. The second kappa shape index (κ2) is 7.80. The van der Waals surface area contributed by atoms with Crippen molar-refractivity contribution in [1.29, 1.82) is 0 Å². The second-order valence-corrected chi connectivity index (χ2v) is 5.13. The summed E-state index contributed by atoms with van der Waals surface area (Å²) < 4.78 is 5.63. The van der Waals surface area contributed by atoms with Gasteiger partial charge >= 0.3 is 0 Å². The maximum absolute atomic E-state index is 12.3. The zero-order valence-corrected chi connectivity index (χ0v) is 11.6. The molecule has 1 unspecified atom stereocenters. The first-order valence-electron chi connectivity index (χ1n) is 7.23. The first kappa shape index (κ1) is 14.7. The number of amides is 1. The minimum absolute atomic E-state index is 0.194. The largest absolute Gasteiger partial charge is 0.377 e. The molecule has 1 aliphatic rings. The van der Waals surface area contributed by atoms with Crippen LogP contribution in [0.1, 0.15) is 48.0 Å². The number of nitrogens with one attached hydrogen (secondary N) is 1. The molecule has 0 aliphatic carbocycles. The average molecular weight is 275 g/mol. The highest BCUT2D eigenvalue weighted by atomic mass is 16.5. The lowest BCUT2D eigenvalue weighted by Crippen LogP contribution is -2.36. The van der Waals surface area contributed by atoms with Gasteiger partial charge < -0.3 is 14.8 Å². The summed E-state index contributed by atoms with van der Waals surface area (Å²) in [6, 6.07) is 6.99. The summed E-state index contributed by atoms with van der Waals surface area (Å²) in [4.78, 5) is 23.3. The number of fused-ring (bicyclic) bond motifs is 1. The first-order valence-corrected chi connectivity index (χ1v) is 7.23. The van der Waals surface area contributed by atoms with Crippen molar-refractivity contribution < 1.29 is 14.3 Å². The van der Waals surface area contributed by atoms with Crippen molar-refractivity contribution in [2.45, 2.75) is 44.8 Å². The second-order valence-electron chi connectivity index (χ2n) is 5.13. The van der Waals surface area contributed by atoms with Gasteiger partial charge in [-0.05, 0) is 24.5 Å². The molecule has 0 radical (unpaired) electrons. The molecule has 0 spiro atoms. The third-order valence-corrected chi connectivity index (χ3v) is 3.55. The van der Waals surface area contributed by atoms with Crippen LogP contribution in [-0.4, -0.2) is 24.8 Å². The van der Waals surface area contributed by atoms with E-state index in [0.29, 0.717) is 25.2 Å². The van der Waals surface area contributed by atoms with Crippen LogP contribution in [0.2, 0.25) is 0 Å².